The Bertz CT molecular complexity index is 879. The Kier molecular flexibility index (Phi) is 4.59. The van der Waals surface area contributed by atoms with E-state index in [-0.39, 0.29) is 12.3 Å². The van der Waals surface area contributed by atoms with Gasteiger partial charge in [-0.25, -0.2) is 4.79 Å². The SMILES string of the molecule is CC1(CO)C=Cc2cc(NC(=O)Nc3ccc([N+](=O)[O-])cc3)ccc2O1. The second-order valence-electron chi connectivity index (χ2n) is 6.04. The first-order valence-corrected chi connectivity index (χ1v) is 7.84. The number of nitro groups is 1. The topological polar surface area (TPSA) is 114 Å². The Labute approximate surface area is 149 Å². The number of aliphatic hydroxyl groups is 1. The fourth-order valence-corrected chi connectivity index (χ4v) is 2.45. The Hall–Kier alpha value is -3.39. The lowest BCUT2D eigenvalue weighted by Gasteiger charge is -2.29. The zero-order valence-corrected chi connectivity index (χ0v) is 13.9. The first kappa shape index (κ1) is 17.4. The maximum absolute atomic E-state index is 12.1. The van der Waals surface area contributed by atoms with E-state index in [1.54, 1.807) is 31.2 Å². The highest BCUT2D eigenvalue weighted by molar-refractivity contribution is 6.00. The van der Waals surface area contributed by atoms with E-state index in [1.165, 1.54) is 24.3 Å². The molecule has 26 heavy (non-hydrogen) atoms. The Morgan fingerprint density at radius 3 is 2.50 bits per heavy atom. The van der Waals surface area contributed by atoms with Gasteiger partial charge in [-0.2, -0.15) is 0 Å². The molecule has 1 heterocycles. The van der Waals surface area contributed by atoms with Crippen molar-refractivity contribution in [2.75, 3.05) is 17.2 Å². The van der Waals surface area contributed by atoms with Crippen molar-refractivity contribution in [3.05, 3.63) is 64.2 Å². The number of nitro benzene ring substituents is 1. The minimum absolute atomic E-state index is 0.0488. The van der Waals surface area contributed by atoms with Crippen LogP contribution in [-0.4, -0.2) is 28.3 Å². The van der Waals surface area contributed by atoms with Gasteiger partial charge in [0.1, 0.15) is 11.4 Å². The molecular weight excluding hydrogens is 338 g/mol. The number of hydrogen-bond acceptors (Lipinski definition) is 5. The highest BCUT2D eigenvalue weighted by Gasteiger charge is 2.26. The van der Waals surface area contributed by atoms with Crippen LogP contribution in [0.25, 0.3) is 6.08 Å². The van der Waals surface area contributed by atoms with Gasteiger partial charge in [-0.3, -0.25) is 10.1 Å². The number of nitrogens with zero attached hydrogens (tertiary/aromatic N) is 1. The summed E-state index contributed by atoms with van der Waals surface area (Å²) in [7, 11) is 0. The molecule has 3 rings (SSSR count). The van der Waals surface area contributed by atoms with E-state index in [9.17, 15) is 20.0 Å². The summed E-state index contributed by atoms with van der Waals surface area (Å²) in [5.41, 5.74) is 0.975. The monoisotopic (exact) mass is 355 g/mol. The van der Waals surface area contributed by atoms with E-state index >= 15 is 0 Å². The van der Waals surface area contributed by atoms with Gasteiger partial charge in [-0.15, -0.1) is 0 Å². The van der Waals surface area contributed by atoms with Crippen molar-refractivity contribution in [3.8, 4) is 5.75 Å². The van der Waals surface area contributed by atoms with Gasteiger partial charge >= 0.3 is 6.03 Å². The lowest BCUT2D eigenvalue weighted by Crippen LogP contribution is -2.35. The smallest absolute Gasteiger partial charge is 0.323 e. The van der Waals surface area contributed by atoms with E-state index in [0.717, 1.165) is 5.56 Å². The number of non-ortho nitro benzene ring substituents is 1. The van der Waals surface area contributed by atoms with E-state index in [0.29, 0.717) is 17.1 Å². The normalized spacial score (nSPS) is 17.8. The van der Waals surface area contributed by atoms with Crippen LogP contribution in [-0.2, 0) is 0 Å². The van der Waals surface area contributed by atoms with Crippen molar-refractivity contribution in [2.45, 2.75) is 12.5 Å². The van der Waals surface area contributed by atoms with Crippen molar-refractivity contribution in [2.24, 2.45) is 0 Å². The van der Waals surface area contributed by atoms with Gasteiger partial charge in [0.2, 0.25) is 0 Å². The third-order valence-electron chi connectivity index (χ3n) is 3.88. The summed E-state index contributed by atoms with van der Waals surface area (Å²) in [6, 6.07) is 10.2. The van der Waals surface area contributed by atoms with Crippen LogP contribution >= 0.6 is 0 Å². The summed E-state index contributed by atoms with van der Waals surface area (Å²) in [4.78, 5) is 22.2. The maximum atomic E-state index is 12.1. The molecule has 8 nitrogen and oxygen atoms in total. The number of carbonyl (C=O) groups is 1. The zero-order chi connectivity index (χ0) is 18.7. The summed E-state index contributed by atoms with van der Waals surface area (Å²) in [6.07, 6.45) is 3.59. The van der Waals surface area contributed by atoms with Crippen molar-refractivity contribution in [1.29, 1.82) is 0 Å². The third-order valence-corrected chi connectivity index (χ3v) is 3.88. The first-order valence-electron chi connectivity index (χ1n) is 7.84. The van der Waals surface area contributed by atoms with Gasteiger partial charge in [0, 0.05) is 29.1 Å². The van der Waals surface area contributed by atoms with Crippen LogP contribution in [0, 0.1) is 10.1 Å². The number of fused-ring (bicyclic) bond motifs is 1. The second kappa shape index (κ2) is 6.85. The highest BCUT2D eigenvalue weighted by atomic mass is 16.6. The minimum Gasteiger partial charge on any atom is -0.480 e. The molecule has 1 aliphatic rings. The van der Waals surface area contributed by atoms with Crippen molar-refractivity contribution < 1.29 is 19.6 Å². The number of hydrogen-bond donors (Lipinski definition) is 3. The molecule has 1 unspecified atom stereocenters. The number of nitrogens with one attached hydrogen (secondary N) is 2. The second-order valence-corrected chi connectivity index (χ2v) is 6.04. The predicted octanol–water partition coefficient (Wildman–Crippen LogP) is 3.40. The standard InChI is InChI=1S/C18H17N3O5/c1-18(11-22)9-8-12-10-14(4-7-16(12)26-18)20-17(23)19-13-2-5-15(6-3-13)21(24)25/h2-10,22H,11H2,1H3,(H2,19,20,23). The lowest BCUT2D eigenvalue weighted by molar-refractivity contribution is -0.384. The van der Waals surface area contributed by atoms with Crippen molar-refractivity contribution >= 4 is 29.2 Å². The summed E-state index contributed by atoms with van der Waals surface area (Å²) in [5, 5.41) is 25.3. The number of ether oxygens (including phenoxy) is 1. The van der Waals surface area contributed by atoms with Crippen LogP contribution < -0.4 is 15.4 Å². The molecule has 2 aromatic carbocycles. The summed E-state index contributed by atoms with van der Waals surface area (Å²) in [5.74, 6) is 0.616. The van der Waals surface area contributed by atoms with Crippen LogP contribution in [0.1, 0.15) is 12.5 Å². The Morgan fingerprint density at radius 1 is 1.19 bits per heavy atom. The lowest BCUT2D eigenvalue weighted by atomic mass is 10.0. The average molecular weight is 355 g/mol. The van der Waals surface area contributed by atoms with Crippen molar-refractivity contribution in [3.63, 3.8) is 0 Å². The quantitative estimate of drug-likeness (QED) is 0.574. The molecule has 1 aliphatic heterocycles. The number of aliphatic hydroxyl groups excluding tert-OH is 1. The molecule has 134 valence electrons. The van der Waals surface area contributed by atoms with E-state index in [4.69, 9.17) is 4.74 Å². The molecule has 0 aliphatic carbocycles. The van der Waals surface area contributed by atoms with Gasteiger partial charge in [0.15, 0.2) is 0 Å². The van der Waals surface area contributed by atoms with Gasteiger partial charge in [0.25, 0.3) is 5.69 Å². The van der Waals surface area contributed by atoms with Crippen molar-refractivity contribution in [1.82, 2.24) is 0 Å². The first-order chi connectivity index (χ1) is 12.4. The fourth-order valence-electron chi connectivity index (χ4n) is 2.45. The summed E-state index contributed by atoms with van der Waals surface area (Å²) in [6.45, 7) is 1.64. The van der Waals surface area contributed by atoms with Crippen LogP contribution in [0.3, 0.4) is 0 Å². The largest absolute Gasteiger partial charge is 0.480 e. The summed E-state index contributed by atoms with van der Waals surface area (Å²) >= 11 is 0. The van der Waals surface area contributed by atoms with Crippen LogP contribution in [0.5, 0.6) is 5.75 Å². The molecule has 0 saturated carbocycles. The van der Waals surface area contributed by atoms with Crippen LogP contribution in [0.4, 0.5) is 21.9 Å². The molecule has 0 spiro atoms. The third kappa shape index (κ3) is 3.81. The van der Waals surface area contributed by atoms with Gasteiger partial charge in [-0.1, -0.05) is 6.08 Å². The number of amides is 2. The van der Waals surface area contributed by atoms with Crippen LogP contribution in [0.15, 0.2) is 48.5 Å². The highest BCUT2D eigenvalue weighted by Crippen LogP contribution is 2.32. The molecule has 0 aromatic heterocycles. The number of carbonyl (C=O) groups excluding carboxylic acids is 1. The van der Waals surface area contributed by atoms with E-state index in [1.807, 2.05) is 6.08 Å². The van der Waals surface area contributed by atoms with Gasteiger partial charge in [0.05, 0.1) is 11.5 Å². The molecule has 2 amide bonds. The molecule has 8 heteroatoms. The number of benzene rings is 2. The number of anilines is 2. The predicted molar refractivity (Wildman–Crippen MR) is 97.3 cm³/mol. The van der Waals surface area contributed by atoms with Gasteiger partial charge in [-0.05, 0) is 43.3 Å². The average Bonchev–Trinajstić information content (AvgIpc) is 2.62. The molecular formula is C18H17N3O5. The maximum Gasteiger partial charge on any atom is 0.323 e. The molecule has 0 saturated heterocycles. The van der Waals surface area contributed by atoms with E-state index in [2.05, 4.69) is 10.6 Å². The Morgan fingerprint density at radius 2 is 1.85 bits per heavy atom. The molecule has 2 aromatic rings. The van der Waals surface area contributed by atoms with Gasteiger partial charge < -0.3 is 20.5 Å². The molecule has 3 N–H and O–H groups in total. The van der Waals surface area contributed by atoms with Crippen LogP contribution in [0.2, 0.25) is 0 Å². The van der Waals surface area contributed by atoms with E-state index < -0.39 is 16.6 Å². The minimum atomic E-state index is -0.755. The molecule has 0 fully saturated rings. The zero-order valence-electron chi connectivity index (χ0n) is 13.9. The number of rotatable bonds is 4. The Balaban J connectivity index is 1.66. The number of urea groups is 1. The molecule has 0 radical (unpaired) electrons. The fraction of sp³-hybridized carbons (Fsp3) is 0.167. The summed E-state index contributed by atoms with van der Waals surface area (Å²) < 4.78 is 5.73. The molecule has 0 bridgehead atoms. The molecule has 1 atom stereocenters.